The first-order chi connectivity index (χ1) is 16.3. The number of aromatic nitrogens is 6. The van der Waals surface area contributed by atoms with Crippen LogP contribution in [0.4, 0.5) is 0 Å². The Balaban J connectivity index is 1.46. The van der Waals surface area contributed by atoms with Crippen LogP contribution in [0.25, 0.3) is 22.6 Å². The second kappa shape index (κ2) is 10.2. The number of halogens is 3. The normalized spacial score (nSPS) is 11.5. The number of aromatic amines is 1. The number of aryl methyl sites for hydroxylation is 2. The number of nitrogens with zero attached hydrogens (tertiary/aromatic N) is 5. The van der Waals surface area contributed by atoms with Gasteiger partial charge in [0.25, 0.3) is 11.4 Å². The first-order valence-electron chi connectivity index (χ1n) is 10.7. The van der Waals surface area contributed by atoms with E-state index in [0.29, 0.717) is 37.2 Å². The van der Waals surface area contributed by atoms with Crippen molar-refractivity contribution in [1.82, 2.24) is 29.2 Å². The van der Waals surface area contributed by atoms with Crippen molar-refractivity contribution in [3.63, 3.8) is 0 Å². The largest absolute Gasteiger partial charge is 0.505 e. The maximum atomic E-state index is 13.0. The lowest BCUT2D eigenvalue weighted by molar-refractivity contribution is 0.420. The van der Waals surface area contributed by atoms with Crippen LogP contribution in [0.5, 0.6) is 5.75 Å². The van der Waals surface area contributed by atoms with Gasteiger partial charge in [-0.05, 0) is 43.0 Å². The van der Waals surface area contributed by atoms with E-state index in [-0.39, 0.29) is 44.7 Å². The molecule has 0 unspecified atom stereocenters. The van der Waals surface area contributed by atoms with Gasteiger partial charge in [0.15, 0.2) is 22.7 Å². The molecule has 1 aromatic carbocycles. The van der Waals surface area contributed by atoms with E-state index in [9.17, 15) is 14.7 Å². The fourth-order valence-electron chi connectivity index (χ4n) is 3.57. The first-order valence-corrected chi connectivity index (χ1v) is 11.8. The maximum Gasteiger partial charge on any atom is 0.332 e. The molecule has 2 N–H and O–H groups in total. The Hall–Kier alpha value is -2.82. The third-order valence-electron chi connectivity index (χ3n) is 5.33. The minimum atomic E-state index is -0.449. The highest BCUT2D eigenvalue weighted by Gasteiger charge is 2.17. The van der Waals surface area contributed by atoms with Crippen LogP contribution in [0.2, 0.25) is 15.3 Å². The van der Waals surface area contributed by atoms with E-state index < -0.39 is 11.2 Å². The highest BCUT2D eigenvalue weighted by Crippen LogP contribution is 2.35. The highest BCUT2D eigenvalue weighted by atomic mass is 35.5. The smallest absolute Gasteiger partial charge is 0.332 e. The van der Waals surface area contributed by atoms with Crippen molar-refractivity contribution in [1.29, 1.82) is 0 Å². The van der Waals surface area contributed by atoms with E-state index >= 15 is 0 Å². The van der Waals surface area contributed by atoms with Crippen molar-refractivity contribution < 1.29 is 9.63 Å². The van der Waals surface area contributed by atoms with Crippen molar-refractivity contribution in [2.75, 3.05) is 0 Å². The SMILES string of the molecule is CCCCn1c(=O)n(CCCCc2noc(-c3cc(Cl)c(O)c(Cl)c3)n2)c(=O)c2[nH]c(Cl)nc21. The predicted octanol–water partition coefficient (Wildman–Crippen LogP) is 4.43. The summed E-state index contributed by atoms with van der Waals surface area (Å²) < 4.78 is 7.96. The highest BCUT2D eigenvalue weighted by molar-refractivity contribution is 6.37. The van der Waals surface area contributed by atoms with E-state index in [1.165, 1.54) is 21.3 Å². The molecule has 0 amide bonds. The van der Waals surface area contributed by atoms with E-state index in [4.69, 9.17) is 39.3 Å². The van der Waals surface area contributed by atoms with Crippen molar-refractivity contribution in [2.45, 2.75) is 52.1 Å². The third-order valence-corrected chi connectivity index (χ3v) is 6.09. The van der Waals surface area contributed by atoms with Gasteiger partial charge >= 0.3 is 5.69 Å². The number of rotatable bonds is 9. The number of imidazole rings is 1. The molecule has 0 spiro atoms. The molecule has 0 saturated heterocycles. The van der Waals surface area contributed by atoms with Crippen molar-refractivity contribution in [3.8, 4) is 17.2 Å². The Bertz CT molecular complexity index is 1430. The zero-order valence-electron chi connectivity index (χ0n) is 18.1. The standard InChI is InChI=1S/C21H21Cl3N6O4/c1-2-3-7-29-17-15(26-20(24)27-17)19(32)30(21(29)33)8-5-4-6-14-25-18(34-28-14)11-9-12(22)16(31)13(23)10-11/h9-10,31H,2-8H2,1H3,(H,26,27). The molecule has 180 valence electrons. The van der Waals surface area contributed by atoms with E-state index in [1.54, 1.807) is 0 Å². The molecule has 0 saturated carbocycles. The second-order valence-electron chi connectivity index (χ2n) is 7.73. The summed E-state index contributed by atoms with van der Waals surface area (Å²) in [6.07, 6.45) is 3.28. The topological polar surface area (TPSA) is 132 Å². The van der Waals surface area contributed by atoms with Gasteiger partial charge < -0.3 is 14.6 Å². The monoisotopic (exact) mass is 526 g/mol. The van der Waals surface area contributed by atoms with Crippen LogP contribution >= 0.6 is 34.8 Å². The number of benzene rings is 1. The summed E-state index contributed by atoms with van der Waals surface area (Å²) in [5.74, 6) is 0.459. The lowest BCUT2D eigenvalue weighted by Gasteiger charge is -2.10. The molecule has 3 heterocycles. The number of phenolic OH excluding ortho intramolecular Hbond substituents is 1. The van der Waals surface area contributed by atoms with Gasteiger partial charge in [0.05, 0.1) is 10.0 Å². The second-order valence-corrected chi connectivity index (χ2v) is 8.90. The molecule has 4 aromatic rings. The molecule has 0 aliphatic heterocycles. The fraction of sp³-hybridized carbons (Fsp3) is 0.381. The van der Waals surface area contributed by atoms with Crippen LogP contribution in [0, 0.1) is 0 Å². The number of phenols is 1. The summed E-state index contributed by atoms with van der Waals surface area (Å²) in [4.78, 5) is 37.0. The summed E-state index contributed by atoms with van der Waals surface area (Å²) in [6.45, 7) is 2.69. The molecule has 10 nitrogen and oxygen atoms in total. The Labute approximate surface area is 208 Å². The quantitative estimate of drug-likeness (QED) is 0.243. The predicted molar refractivity (Wildman–Crippen MR) is 129 cm³/mol. The molecule has 0 fully saturated rings. The Morgan fingerprint density at radius 2 is 1.74 bits per heavy atom. The van der Waals surface area contributed by atoms with Gasteiger partial charge in [0.2, 0.25) is 5.28 Å². The first kappa shape index (κ1) is 24.3. The minimum absolute atomic E-state index is 0.0682. The van der Waals surface area contributed by atoms with Gasteiger partial charge in [-0.15, -0.1) is 0 Å². The third kappa shape index (κ3) is 4.84. The number of hydrogen-bond acceptors (Lipinski definition) is 7. The van der Waals surface area contributed by atoms with Gasteiger partial charge in [-0.2, -0.15) is 9.97 Å². The summed E-state index contributed by atoms with van der Waals surface area (Å²) in [6, 6.07) is 2.96. The lowest BCUT2D eigenvalue weighted by atomic mass is 10.2. The number of fused-ring (bicyclic) bond motifs is 1. The van der Waals surface area contributed by atoms with Crippen molar-refractivity contribution in [2.24, 2.45) is 0 Å². The zero-order valence-corrected chi connectivity index (χ0v) is 20.4. The molecular weight excluding hydrogens is 507 g/mol. The van der Waals surface area contributed by atoms with Crippen LogP contribution < -0.4 is 11.2 Å². The number of H-pyrrole nitrogens is 1. The van der Waals surface area contributed by atoms with Crippen LogP contribution in [0.15, 0.2) is 26.2 Å². The Morgan fingerprint density at radius 3 is 2.44 bits per heavy atom. The fourth-order valence-corrected chi connectivity index (χ4v) is 4.23. The van der Waals surface area contributed by atoms with E-state index in [2.05, 4.69) is 20.1 Å². The minimum Gasteiger partial charge on any atom is -0.505 e. The van der Waals surface area contributed by atoms with Crippen LogP contribution in [0.3, 0.4) is 0 Å². The van der Waals surface area contributed by atoms with E-state index in [1.807, 2.05) is 6.92 Å². The van der Waals surface area contributed by atoms with Gasteiger partial charge in [-0.1, -0.05) is 41.7 Å². The molecule has 4 rings (SSSR count). The average Bonchev–Trinajstić information content (AvgIpc) is 3.43. The number of aromatic hydroxyl groups is 1. The lowest BCUT2D eigenvalue weighted by Crippen LogP contribution is -2.40. The average molecular weight is 528 g/mol. The van der Waals surface area contributed by atoms with Gasteiger partial charge in [-0.25, -0.2) is 4.79 Å². The molecule has 3 aromatic heterocycles. The zero-order chi connectivity index (χ0) is 24.4. The van der Waals surface area contributed by atoms with Gasteiger partial charge in [0.1, 0.15) is 0 Å². The van der Waals surface area contributed by atoms with Crippen LogP contribution in [-0.2, 0) is 19.5 Å². The summed E-state index contributed by atoms with van der Waals surface area (Å²) in [7, 11) is 0. The van der Waals surface area contributed by atoms with Crippen LogP contribution in [0.1, 0.15) is 38.4 Å². The summed E-state index contributed by atoms with van der Waals surface area (Å²) in [5, 5.41) is 13.9. The number of nitrogens with one attached hydrogen (secondary N) is 1. The molecule has 0 atom stereocenters. The molecule has 13 heteroatoms. The Morgan fingerprint density at radius 1 is 1.03 bits per heavy atom. The molecule has 0 aliphatic rings. The molecular formula is C21H21Cl3N6O4. The molecule has 34 heavy (non-hydrogen) atoms. The van der Waals surface area contributed by atoms with Crippen molar-refractivity contribution in [3.05, 3.63) is 54.1 Å². The maximum absolute atomic E-state index is 13.0. The van der Waals surface area contributed by atoms with Crippen molar-refractivity contribution >= 4 is 46.0 Å². The summed E-state index contributed by atoms with van der Waals surface area (Å²) in [5.41, 5.74) is 0.123. The van der Waals surface area contributed by atoms with Gasteiger partial charge in [0, 0.05) is 25.1 Å². The molecule has 0 radical (unpaired) electrons. The molecule has 0 aliphatic carbocycles. The summed E-state index contributed by atoms with van der Waals surface area (Å²) >= 11 is 17.8. The number of unbranched alkanes of at least 4 members (excludes halogenated alkanes) is 2. The van der Waals surface area contributed by atoms with E-state index in [0.717, 1.165) is 12.8 Å². The molecule has 0 bridgehead atoms. The Kier molecular flexibility index (Phi) is 7.30. The number of hydrogen-bond donors (Lipinski definition) is 2. The van der Waals surface area contributed by atoms with Gasteiger partial charge in [-0.3, -0.25) is 13.9 Å². The van der Waals surface area contributed by atoms with Crippen LogP contribution in [-0.4, -0.2) is 34.3 Å².